The van der Waals surface area contributed by atoms with Crippen LogP contribution in [0.4, 0.5) is 19.1 Å². The number of rotatable bonds is 4. The molecule has 8 nitrogen and oxygen atoms in total. The lowest BCUT2D eigenvalue weighted by molar-refractivity contribution is -0.137. The van der Waals surface area contributed by atoms with Gasteiger partial charge in [0.15, 0.2) is 5.65 Å². The van der Waals surface area contributed by atoms with E-state index in [0.29, 0.717) is 27.8 Å². The van der Waals surface area contributed by atoms with E-state index in [4.69, 9.17) is 5.73 Å². The summed E-state index contributed by atoms with van der Waals surface area (Å²) in [5, 5.41) is 8.50. The summed E-state index contributed by atoms with van der Waals surface area (Å²) in [4.78, 5) is 22.9. The summed E-state index contributed by atoms with van der Waals surface area (Å²) in [7, 11) is 0. The molecule has 4 aromatic rings. The number of carbonyl (C=O) groups excluding carboxylic acids is 1. The SMILES string of the molecule is CC(C)N(Cc1ccc(C(F)(F)F)cn1)C(=O)c1ccc2nc(N)n3cnnc3c2c1. The Labute approximate surface area is 174 Å². The number of carbonyl (C=O) groups is 1. The molecule has 3 aromatic heterocycles. The number of benzene rings is 1. The number of amides is 1. The van der Waals surface area contributed by atoms with Crippen molar-refractivity contribution >= 4 is 28.4 Å². The number of pyridine rings is 1. The molecule has 11 heteroatoms. The summed E-state index contributed by atoms with van der Waals surface area (Å²) in [6.07, 6.45) is -2.26. The van der Waals surface area contributed by atoms with Crippen molar-refractivity contribution in [2.45, 2.75) is 32.6 Å². The number of alkyl halides is 3. The Balaban J connectivity index is 1.67. The number of halogens is 3. The normalized spacial score (nSPS) is 12.1. The molecule has 31 heavy (non-hydrogen) atoms. The Hall–Kier alpha value is -3.76. The number of anilines is 1. The molecular weight excluding hydrogens is 411 g/mol. The molecule has 0 saturated carbocycles. The van der Waals surface area contributed by atoms with E-state index < -0.39 is 11.7 Å². The lowest BCUT2D eigenvalue weighted by Gasteiger charge is -2.27. The third-order valence-corrected chi connectivity index (χ3v) is 4.88. The van der Waals surface area contributed by atoms with Gasteiger partial charge in [0.1, 0.15) is 6.33 Å². The molecule has 0 radical (unpaired) electrons. The van der Waals surface area contributed by atoms with Crippen LogP contribution < -0.4 is 5.73 Å². The van der Waals surface area contributed by atoms with E-state index in [2.05, 4.69) is 20.2 Å². The molecule has 0 atom stereocenters. The maximum Gasteiger partial charge on any atom is 0.417 e. The highest BCUT2D eigenvalue weighted by Crippen LogP contribution is 2.28. The maximum atomic E-state index is 13.2. The molecule has 4 rings (SSSR count). The molecule has 1 aromatic carbocycles. The first-order valence-corrected chi connectivity index (χ1v) is 9.37. The molecule has 3 heterocycles. The number of hydrogen-bond acceptors (Lipinski definition) is 6. The molecule has 1 amide bonds. The van der Waals surface area contributed by atoms with Gasteiger partial charge in [0, 0.05) is 23.2 Å². The van der Waals surface area contributed by atoms with E-state index in [0.717, 1.165) is 12.3 Å². The van der Waals surface area contributed by atoms with E-state index in [9.17, 15) is 18.0 Å². The van der Waals surface area contributed by atoms with Crippen LogP contribution in [0.5, 0.6) is 0 Å². The lowest BCUT2D eigenvalue weighted by atomic mass is 10.1. The van der Waals surface area contributed by atoms with E-state index in [1.165, 1.54) is 21.7 Å². The first kappa shape index (κ1) is 20.5. The summed E-state index contributed by atoms with van der Waals surface area (Å²) >= 11 is 0. The summed E-state index contributed by atoms with van der Waals surface area (Å²) in [6, 6.07) is 6.97. The van der Waals surface area contributed by atoms with E-state index in [1.54, 1.807) is 18.2 Å². The van der Waals surface area contributed by atoms with Gasteiger partial charge in [-0.3, -0.25) is 14.2 Å². The Kier molecular flexibility index (Phi) is 4.96. The fourth-order valence-electron chi connectivity index (χ4n) is 3.22. The summed E-state index contributed by atoms with van der Waals surface area (Å²) in [5.41, 5.74) is 6.83. The minimum Gasteiger partial charge on any atom is -0.369 e. The molecule has 0 aliphatic carbocycles. The van der Waals surface area contributed by atoms with Crippen LogP contribution >= 0.6 is 0 Å². The second-order valence-corrected chi connectivity index (χ2v) is 7.29. The van der Waals surface area contributed by atoms with Crippen molar-refractivity contribution in [3.8, 4) is 0 Å². The fourth-order valence-corrected chi connectivity index (χ4v) is 3.22. The predicted octanol–water partition coefficient (Wildman–Crippen LogP) is 3.32. The van der Waals surface area contributed by atoms with Gasteiger partial charge in [0.2, 0.25) is 5.95 Å². The van der Waals surface area contributed by atoms with Crippen molar-refractivity contribution in [2.75, 3.05) is 5.73 Å². The maximum absolute atomic E-state index is 13.2. The zero-order chi connectivity index (χ0) is 22.3. The first-order chi connectivity index (χ1) is 14.6. The van der Waals surface area contributed by atoms with Crippen LogP contribution in [0.1, 0.15) is 35.5 Å². The summed E-state index contributed by atoms with van der Waals surface area (Å²) in [6.45, 7) is 3.71. The highest BCUT2D eigenvalue weighted by Gasteiger charge is 2.31. The van der Waals surface area contributed by atoms with Crippen molar-refractivity contribution in [3.63, 3.8) is 0 Å². The van der Waals surface area contributed by atoms with Gasteiger partial charge in [-0.2, -0.15) is 13.2 Å². The van der Waals surface area contributed by atoms with Crippen molar-refractivity contribution < 1.29 is 18.0 Å². The lowest BCUT2D eigenvalue weighted by Crippen LogP contribution is -2.36. The van der Waals surface area contributed by atoms with Gasteiger partial charge in [-0.25, -0.2) is 4.98 Å². The zero-order valence-corrected chi connectivity index (χ0v) is 16.6. The number of nitrogen functional groups attached to an aromatic ring is 1. The topological polar surface area (TPSA) is 102 Å². The second-order valence-electron chi connectivity index (χ2n) is 7.29. The third-order valence-electron chi connectivity index (χ3n) is 4.88. The predicted molar refractivity (Wildman–Crippen MR) is 107 cm³/mol. The average Bonchev–Trinajstić information content (AvgIpc) is 3.22. The Morgan fingerprint density at radius 1 is 1.23 bits per heavy atom. The van der Waals surface area contributed by atoms with Crippen molar-refractivity contribution in [1.82, 2.24) is 29.5 Å². The van der Waals surface area contributed by atoms with Crippen LogP contribution in [0, 0.1) is 0 Å². The minimum atomic E-state index is -4.46. The monoisotopic (exact) mass is 429 g/mol. The average molecular weight is 429 g/mol. The molecule has 0 aliphatic rings. The van der Waals surface area contributed by atoms with E-state index in [1.807, 2.05) is 13.8 Å². The van der Waals surface area contributed by atoms with E-state index in [-0.39, 0.29) is 24.4 Å². The van der Waals surface area contributed by atoms with Gasteiger partial charge < -0.3 is 10.6 Å². The Bertz CT molecular complexity index is 1270. The summed E-state index contributed by atoms with van der Waals surface area (Å²) < 4.78 is 39.8. The smallest absolute Gasteiger partial charge is 0.369 e. The van der Waals surface area contributed by atoms with Crippen LogP contribution in [-0.4, -0.2) is 41.4 Å². The highest BCUT2D eigenvalue weighted by molar-refractivity contribution is 6.01. The minimum absolute atomic E-state index is 0.0625. The van der Waals surface area contributed by atoms with Crippen molar-refractivity contribution in [3.05, 3.63) is 59.7 Å². The number of nitrogens with zero attached hydrogens (tertiary/aromatic N) is 6. The van der Waals surface area contributed by atoms with Gasteiger partial charge in [0.25, 0.3) is 5.91 Å². The molecular formula is C20H18F3N7O. The van der Waals surface area contributed by atoms with Crippen molar-refractivity contribution in [2.24, 2.45) is 0 Å². The molecule has 0 unspecified atom stereocenters. The van der Waals surface area contributed by atoms with Gasteiger partial charge in [-0.05, 0) is 44.2 Å². The molecule has 0 aliphatic heterocycles. The molecule has 160 valence electrons. The third kappa shape index (κ3) is 3.86. The fraction of sp³-hybridized carbons (Fsp3) is 0.250. The number of hydrogen-bond donors (Lipinski definition) is 1. The zero-order valence-electron chi connectivity index (χ0n) is 16.6. The number of fused-ring (bicyclic) bond motifs is 3. The van der Waals surface area contributed by atoms with Gasteiger partial charge in [-0.1, -0.05) is 0 Å². The van der Waals surface area contributed by atoms with Crippen LogP contribution in [-0.2, 0) is 12.7 Å². The molecule has 0 saturated heterocycles. The van der Waals surface area contributed by atoms with Gasteiger partial charge in [-0.15, -0.1) is 10.2 Å². The van der Waals surface area contributed by atoms with Gasteiger partial charge >= 0.3 is 6.18 Å². The van der Waals surface area contributed by atoms with Crippen LogP contribution in [0.2, 0.25) is 0 Å². The van der Waals surface area contributed by atoms with Crippen LogP contribution in [0.25, 0.3) is 16.6 Å². The number of nitrogens with two attached hydrogens (primary N) is 1. The first-order valence-electron chi connectivity index (χ1n) is 9.37. The quantitative estimate of drug-likeness (QED) is 0.534. The molecule has 0 bridgehead atoms. The van der Waals surface area contributed by atoms with Crippen LogP contribution in [0.15, 0.2) is 42.9 Å². The van der Waals surface area contributed by atoms with Crippen LogP contribution in [0.3, 0.4) is 0 Å². The standard InChI is InChI=1S/C20H18F3N7O/c1-11(2)29(9-14-5-4-13(8-25-14)20(21,22)23)18(31)12-3-6-16-15(7-12)17-28-26-10-30(17)19(24)27-16/h3-8,10-11H,9H2,1-2H3,(H2,24,27). The largest absolute Gasteiger partial charge is 0.417 e. The van der Waals surface area contributed by atoms with E-state index >= 15 is 0 Å². The molecule has 0 fully saturated rings. The molecule has 2 N–H and O–H groups in total. The van der Waals surface area contributed by atoms with Crippen molar-refractivity contribution in [1.29, 1.82) is 0 Å². The second kappa shape index (κ2) is 7.49. The Morgan fingerprint density at radius 3 is 2.65 bits per heavy atom. The Morgan fingerprint density at radius 2 is 2.00 bits per heavy atom. The number of aromatic nitrogens is 5. The molecule has 0 spiro atoms. The summed E-state index contributed by atoms with van der Waals surface area (Å²) in [5.74, 6) is -0.0724. The van der Waals surface area contributed by atoms with Gasteiger partial charge in [0.05, 0.1) is 23.3 Å². The highest BCUT2D eigenvalue weighted by atomic mass is 19.4.